The van der Waals surface area contributed by atoms with E-state index >= 15 is 0 Å². The highest BCUT2D eigenvalue weighted by molar-refractivity contribution is 5.95. The van der Waals surface area contributed by atoms with Crippen LogP contribution in [0.1, 0.15) is 40.7 Å². The molecule has 2 fully saturated rings. The number of aryl methyl sites for hydroxylation is 1. The molecule has 2 heterocycles. The number of carbonyl (C=O) groups is 2. The Morgan fingerprint density at radius 3 is 2.46 bits per heavy atom. The van der Waals surface area contributed by atoms with Crippen molar-refractivity contribution in [2.75, 3.05) is 33.9 Å². The highest BCUT2D eigenvalue weighted by atomic mass is 16.5. The molecule has 8 heteroatoms. The molecule has 2 saturated heterocycles. The largest absolute Gasteiger partial charge is 0.497 e. The summed E-state index contributed by atoms with van der Waals surface area (Å²) in [4.78, 5) is 30.2. The molecule has 4 rings (SSSR count). The third-order valence-corrected chi connectivity index (χ3v) is 7.11. The summed E-state index contributed by atoms with van der Waals surface area (Å²) in [6.45, 7) is 4.06. The minimum Gasteiger partial charge on any atom is -0.497 e. The number of piperidine rings is 1. The second kappa shape index (κ2) is 11.1. The average Bonchev–Trinajstić information content (AvgIpc) is 3.28. The lowest BCUT2D eigenvalue weighted by Gasteiger charge is -2.39. The number of amides is 2. The number of hydrogen-bond acceptors (Lipinski definition) is 6. The Balaban J connectivity index is 1.34. The molecular formula is C27H35N3O5. The lowest BCUT2D eigenvalue weighted by atomic mass is 10.00. The third-order valence-electron chi connectivity index (χ3n) is 7.11. The van der Waals surface area contributed by atoms with Crippen LogP contribution in [-0.4, -0.2) is 78.8 Å². The number of β-amino-alcohol motifs (C(OH)–C–C–N with tert-alkyl or cyclic N) is 1. The summed E-state index contributed by atoms with van der Waals surface area (Å²) in [6, 6.07) is 12.9. The molecule has 0 unspecified atom stereocenters. The topological polar surface area (TPSA) is 91.3 Å². The molecule has 2 N–H and O–H groups in total. The number of carbonyl (C=O) groups excluding carboxylic acids is 2. The second-order valence-corrected chi connectivity index (χ2v) is 9.38. The van der Waals surface area contributed by atoms with E-state index in [1.807, 2.05) is 54.3 Å². The van der Waals surface area contributed by atoms with Crippen molar-refractivity contribution < 1.29 is 24.2 Å². The van der Waals surface area contributed by atoms with E-state index in [9.17, 15) is 14.7 Å². The first-order valence-electron chi connectivity index (χ1n) is 12.2. The number of ether oxygens (including phenoxy) is 2. The van der Waals surface area contributed by atoms with Gasteiger partial charge < -0.3 is 24.8 Å². The standard InChI is InChI=1S/C27H35N3O5/c1-18-13-23(35-3)7-8-24(18)27(33)29-11-9-20(10-12-29)30-17-21(31)15-25(30)26(32)28-16-19-5-4-6-22(14-19)34-2/h4-8,13-14,20-21,25,31H,9-12,15-17H2,1-3H3,(H,28,32)/t21-,25+/m1/s1. The Kier molecular flexibility index (Phi) is 7.93. The van der Waals surface area contributed by atoms with Crippen LogP contribution in [-0.2, 0) is 11.3 Å². The number of rotatable bonds is 7. The van der Waals surface area contributed by atoms with E-state index in [0.29, 0.717) is 38.2 Å². The van der Waals surface area contributed by atoms with E-state index in [1.165, 1.54) is 0 Å². The molecule has 0 aliphatic carbocycles. The number of aliphatic hydroxyl groups is 1. The van der Waals surface area contributed by atoms with E-state index in [2.05, 4.69) is 10.2 Å². The van der Waals surface area contributed by atoms with Crippen LogP contribution in [0.2, 0.25) is 0 Å². The maximum Gasteiger partial charge on any atom is 0.254 e. The lowest BCUT2D eigenvalue weighted by Crippen LogP contribution is -2.52. The van der Waals surface area contributed by atoms with Gasteiger partial charge in [0, 0.05) is 37.8 Å². The summed E-state index contributed by atoms with van der Waals surface area (Å²) >= 11 is 0. The fraction of sp³-hybridized carbons (Fsp3) is 0.481. The van der Waals surface area contributed by atoms with Crippen molar-refractivity contribution in [2.45, 2.75) is 50.9 Å². The van der Waals surface area contributed by atoms with E-state index in [-0.39, 0.29) is 23.9 Å². The summed E-state index contributed by atoms with van der Waals surface area (Å²) in [6.07, 6.45) is 1.44. The molecule has 0 radical (unpaired) electrons. The van der Waals surface area contributed by atoms with E-state index in [0.717, 1.165) is 35.5 Å². The van der Waals surface area contributed by atoms with Crippen LogP contribution < -0.4 is 14.8 Å². The van der Waals surface area contributed by atoms with Crippen molar-refractivity contribution >= 4 is 11.8 Å². The first kappa shape index (κ1) is 25.0. The van der Waals surface area contributed by atoms with Crippen molar-refractivity contribution in [3.8, 4) is 11.5 Å². The molecule has 0 spiro atoms. The predicted octanol–water partition coefficient (Wildman–Crippen LogP) is 2.37. The minimum absolute atomic E-state index is 0.0256. The zero-order chi connectivity index (χ0) is 24.9. The van der Waals surface area contributed by atoms with Crippen LogP contribution in [0.25, 0.3) is 0 Å². The SMILES string of the molecule is COc1cccc(CNC(=O)[C@@H]2C[C@@H](O)CN2C2CCN(C(=O)c3ccc(OC)cc3C)CC2)c1. The van der Waals surface area contributed by atoms with E-state index in [4.69, 9.17) is 9.47 Å². The van der Waals surface area contributed by atoms with Gasteiger partial charge in [0.1, 0.15) is 11.5 Å². The van der Waals surface area contributed by atoms with Gasteiger partial charge in [0.05, 0.1) is 26.4 Å². The van der Waals surface area contributed by atoms with E-state index < -0.39 is 6.10 Å². The normalized spacial score (nSPS) is 21.1. The van der Waals surface area contributed by atoms with Gasteiger partial charge in [-0.15, -0.1) is 0 Å². The first-order valence-corrected chi connectivity index (χ1v) is 12.2. The molecule has 188 valence electrons. The van der Waals surface area contributed by atoms with Crippen LogP contribution in [0.15, 0.2) is 42.5 Å². The smallest absolute Gasteiger partial charge is 0.254 e. The molecule has 2 aromatic rings. The highest BCUT2D eigenvalue weighted by Gasteiger charge is 2.41. The quantitative estimate of drug-likeness (QED) is 0.631. The predicted molar refractivity (Wildman–Crippen MR) is 133 cm³/mol. The number of methoxy groups -OCH3 is 2. The summed E-state index contributed by atoms with van der Waals surface area (Å²) in [5, 5.41) is 13.4. The molecule has 2 atom stereocenters. The molecule has 0 aromatic heterocycles. The van der Waals surface area contributed by atoms with Crippen molar-refractivity contribution in [1.82, 2.24) is 15.1 Å². The van der Waals surface area contributed by atoms with Gasteiger partial charge in [-0.2, -0.15) is 0 Å². The van der Waals surface area contributed by atoms with Crippen molar-refractivity contribution in [3.63, 3.8) is 0 Å². The summed E-state index contributed by atoms with van der Waals surface area (Å²) in [5.74, 6) is 1.44. The molecule has 0 bridgehead atoms. The summed E-state index contributed by atoms with van der Waals surface area (Å²) < 4.78 is 10.5. The molecule has 2 aromatic carbocycles. The van der Waals surface area contributed by atoms with Gasteiger partial charge in [0.15, 0.2) is 0 Å². The Bertz CT molecular complexity index is 1050. The molecular weight excluding hydrogens is 446 g/mol. The lowest BCUT2D eigenvalue weighted by molar-refractivity contribution is -0.126. The van der Waals surface area contributed by atoms with Gasteiger partial charge >= 0.3 is 0 Å². The number of likely N-dealkylation sites (tertiary alicyclic amines) is 2. The van der Waals surface area contributed by atoms with Crippen molar-refractivity contribution in [1.29, 1.82) is 0 Å². The zero-order valence-electron chi connectivity index (χ0n) is 20.7. The fourth-order valence-electron chi connectivity index (χ4n) is 5.16. The van der Waals surface area contributed by atoms with Gasteiger partial charge in [-0.1, -0.05) is 12.1 Å². The van der Waals surface area contributed by atoms with Crippen LogP contribution in [0.3, 0.4) is 0 Å². The van der Waals surface area contributed by atoms with Crippen LogP contribution in [0, 0.1) is 6.92 Å². The number of nitrogens with one attached hydrogen (secondary N) is 1. The Morgan fingerprint density at radius 2 is 1.77 bits per heavy atom. The van der Waals surface area contributed by atoms with Crippen molar-refractivity contribution in [3.05, 3.63) is 59.2 Å². The van der Waals surface area contributed by atoms with Crippen molar-refractivity contribution in [2.24, 2.45) is 0 Å². The average molecular weight is 482 g/mol. The van der Waals surface area contributed by atoms with E-state index in [1.54, 1.807) is 14.2 Å². The Morgan fingerprint density at radius 1 is 1.06 bits per heavy atom. The molecule has 0 saturated carbocycles. The van der Waals surface area contributed by atoms with Crippen LogP contribution in [0.4, 0.5) is 0 Å². The maximum atomic E-state index is 13.1. The Labute approximate surface area is 206 Å². The molecule has 2 aliphatic heterocycles. The summed E-state index contributed by atoms with van der Waals surface area (Å²) in [5.41, 5.74) is 2.55. The van der Waals surface area contributed by atoms with Gasteiger partial charge in [-0.05, 0) is 67.6 Å². The molecule has 2 aliphatic rings. The second-order valence-electron chi connectivity index (χ2n) is 9.38. The number of aliphatic hydroxyl groups excluding tert-OH is 1. The fourth-order valence-corrected chi connectivity index (χ4v) is 5.16. The van der Waals surface area contributed by atoms with Gasteiger partial charge in [0.2, 0.25) is 5.91 Å². The number of hydrogen-bond donors (Lipinski definition) is 2. The molecule has 35 heavy (non-hydrogen) atoms. The highest BCUT2D eigenvalue weighted by Crippen LogP contribution is 2.28. The maximum absolute atomic E-state index is 13.1. The molecule has 2 amide bonds. The first-order chi connectivity index (χ1) is 16.9. The van der Waals surface area contributed by atoms with Gasteiger partial charge in [0.25, 0.3) is 5.91 Å². The van der Waals surface area contributed by atoms with Crippen LogP contribution >= 0.6 is 0 Å². The Hall–Kier alpha value is -3.10. The van der Waals surface area contributed by atoms with Crippen LogP contribution in [0.5, 0.6) is 11.5 Å². The minimum atomic E-state index is -0.524. The van der Waals surface area contributed by atoms with Gasteiger partial charge in [-0.3, -0.25) is 14.5 Å². The number of benzene rings is 2. The number of nitrogens with zero attached hydrogens (tertiary/aromatic N) is 2. The third kappa shape index (κ3) is 5.77. The zero-order valence-corrected chi connectivity index (χ0v) is 20.7. The van der Waals surface area contributed by atoms with Gasteiger partial charge in [-0.25, -0.2) is 0 Å². The monoisotopic (exact) mass is 481 g/mol. The summed E-state index contributed by atoms with van der Waals surface area (Å²) in [7, 11) is 3.23. The molecule has 8 nitrogen and oxygen atoms in total.